The number of hydrogen-bond donors (Lipinski definition) is 1. The zero-order valence-electron chi connectivity index (χ0n) is 15.5. The van der Waals surface area contributed by atoms with Crippen molar-refractivity contribution in [3.63, 3.8) is 0 Å². The van der Waals surface area contributed by atoms with Crippen LogP contribution in [0, 0.1) is 0 Å². The van der Waals surface area contributed by atoms with Crippen molar-refractivity contribution in [2.24, 2.45) is 0 Å². The molecule has 1 saturated carbocycles. The average molecular weight is 354 g/mol. The summed E-state index contributed by atoms with van der Waals surface area (Å²) in [6.07, 6.45) is 4.01. The summed E-state index contributed by atoms with van der Waals surface area (Å²) >= 11 is 0. The fourth-order valence-corrected chi connectivity index (χ4v) is 3.50. The lowest BCUT2D eigenvalue weighted by Gasteiger charge is -2.23. The molecule has 1 N–H and O–H groups in total. The lowest BCUT2D eigenvalue weighted by atomic mass is 10.0. The average Bonchev–Trinajstić information content (AvgIpc) is 3.39. The van der Waals surface area contributed by atoms with E-state index in [1.165, 1.54) is 11.3 Å². The van der Waals surface area contributed by atoms with Crippen LogP contribution >= 0.6 is 0 Å². The molecule has 1 aromatic carbocycles. The molecular weight excluding hydrogens is 328 g/mol. The number of rotatable bonds is 6. The van der Waals surface area contributed by atoms with E-state index in [4.69, 9.17) is 9.84 Å². The third-order valence-corrected chi connectivity index (χ3v) is 5.22. The molecule has 0 radical (unpaired) electrons. The Morgan fingerprint density at radius 1 is 1.31 bits per heavy atom. The molecule has 1 fully saturated rings. The van der Waals surface area contributed by atoms with E-state index in [0.717, 1.165) is 56.6 Å². The number of benzene rings is 1. The minimum atomic E-state index is -0.0118. The molecule has 1 aliphatic heterocycles. The standard InChI is InChI=1S/C20H26N4O2/c1-23-11-10-18-17(13-23)19(20(25)21-15-5-6-15)22-24(18)12-9-14-3-7-16(26-2)8-4-14/h3-4,7-8,15H,5-6,9-13H2,1-2H3,(H,21,25). The maximum absolute atomic E-state index is 12.6. The molecule has 2 aliphatic rings. The number of nitrogens with zero attached hydrogens (tertiary/aromatic N) is 3. The van der Waals surface area contributed by atoms with Gasteiger partial charge in [0.1, 0.15) is 5.75 Å². The Morgan fingerprint density at radius 3 is 2.77 bits per heavy atom. The van der Waals surface area contributed by atoms with Crippen LogP contribution in [0.15, 0.2) is 24.3 Å². The lowest BCUT2D eigenvalue weighted by Crippen LogP contribution is -2.30. The van der Waals surface area contributed by atoms with Gasteiger partial charge in [0.15, 0.2) is 5.69 Å². The minimum absolute atomic E-state index is 0.0118. The van der Waals surface area contributed by atoms with Gasteiger partial charge in [0.2, 0.25) is 0 Å². The summed E-state index contributed by atoms with van der Waals surface area (Å²) in [7, 11) is 3.77. The van der Waals surface area contributed by atoms with Crippen molar-refractivity contribution in [3.8, 4) is 5.75 Å². The van der Waals surface area contributed by atoms with Gasteiger partial charge in [-0.2, -0.15) is 5.10 Å². The topological polar surface area (TPSA) is 59.4 Å². The van der Waals surface area contributed by atoms with Crippen molar-refractivity contribution in [1.29, 1.82) is 0 Å². The number of aryl methyl sites for hydroxylation is 2. The Balaban J connectivity index is 1.53. The van der Waals surface area contributed by atoms with E-state index < -0.39 is 0 Å². The molecule has 2 aromatic rings. The molecule has 2 heterocycles. The van der Waals surface area contributed by atoms with Gasteiger partial charge in [-0.3, -0.25) is 9.48 Å². The third-order valence-electron chi connectivity index (χ3n) is 5.22. The van der Waals surface area contributed by atoms with Crippen molar-refractivity contribution in [2.75, 3.05) is 20.7 Å². The predicted octanol–water partition coefficient (Wildman–Crippen LogP) is 2.01. The summed E-state index contributed by atoms with van der Waals surface area (Å²) < 4.78 is 7.27. The van der Waals surface area contributed by atoms with Gasteiger partial charge in [-0.25, -0.2) is 0 Å². The Kier molecular flexibility index (Phi) is 4.68. The Bertz CT molecular complexity index is 793. The number of carbonyl (C=O) groups excluding carboxylic acids is 1. The van der Waals surface area contributed by atoms with Crippen LogP contribution in [0.1, 0.15) is 40.2 Å². The minimum Gasteiger partial charge on any atom is -0.497 e. The van der Waals surface area contributed by atoms with Crippen molar-refractivity contribution in [3.05, 3.63) is 46.8 Å². The van der Waals surface area contributed by atoms with Crippen LogP contribution in [-0.4, -0.2) is 47.3 Å². The first-order chi connectivity index (χ1) is 12.6. The molecule has 1 aliphatic carbocycles. The molecule has 0 saturated heterocycles. The number of likely N-dealkylation sites (N-methyl/N-ethyl adjacent to an activating group) is 1. The first-order valence-corrected chi connectivity index (χ1v) is 9.35. The normalized spacial score (nSPS) is 17.0. The summed E-state index contributed by atoms with van der Waals surface area (Å²) in [6, 6.07) is 8.49. The van der Waals surface area contributed by atoms with Crippen molar-refractivity contribution in [2.45, 2.75) is 44.8 Å². The number of methoxy groups -OCH3 is 1. The Hall–Kier alpha value is -2.34. The first kappa shape index (κ1) is 17.1. The number of carbonyl (C=O) groups is 1. The van der Waals surface area contributed by atoms with E-state index in [0.29, 0.717) is 11.7 Å². The van der Waals surface area contributed by atoms with Crippen LogP contribution in [0.2, 0.25) is 0 Å². The van der Waals surface area contributed by atoms with E-state index in [-0.39, 0.29) is 5.91 Å². The number of nitrogens with one attached hydrogen (secondary N) is 1. The summed E-state index contributed by atoms with van der Waals surface area (Å²) in [5.74, 6) is 0.856. The highest BCUT2D eigenvalue weighted by atomic mass is 16.5. The molecule has 0 atom stereocenters. The zero-order valence-corrected chi connectivity index (χ0v) is 15.5. The number of hydrogen-bond acceptors (Lipinski definition) is 4. The Morgan fingerprint density at radius 2 is 2.08 bits per heavy atom. The predicted molar refractivity (Wildman–Crippen MR) is 99.5 cm³/mol. The largest absolute Gasteiger partial charge is 0.497 e. The first-order valence-electron chi connectivity index (χ1n) is 9.35. The molecular formula is C20H26N4O2. The fraction of sp³-hybridized carbons (Fsp3) is 0.500. The molecule has 138 valence electrons. The number of aromatic nitrogens is 2. The van der Waals surface area contributed by atoms with Gasteiger partial charge in [-0.1, -0.05) is 12.1 Å². The van der Waals surface area contributed by atoms with E-state index in [9.17, 15) is 4.79 Å². The SMILES string of the molecule is COc1ccc(CCn2nc(C(=O)NC3CC3)c3c2CCN(C)C3)cc1. The molecule has 0 unspecified atom stereocenters. The van der Waals surface area contributed by atoms with E-state index in [2.05, 4.69) is 29.4 Å². The number of fused-ring (bicyclic) bond motifs is 1. The second-order valence-electron chi connectivity index (χ2n) is 7.33. The highest BCUT2D eigenvalue weighted by Crippen LogP contribution is 2.24. The second kappa shape index (κ2) is 7.11. The van der Waals surface area contributed by atoms with Crippen LogP contribution in [0.3, 0.4) is 0 Å². The molecule has 0 spiro atoms. The van der Waals surface area contributed by atoms with Crippen LogP contribution < -0.4 is 10.1 Å². The number of amides is 1. The quantitative estimate of drug-likeness (QED) is 0.862. The zero-order chi connectivity index (χ0) is 18.1. The second-order valence-corrected chi connectivity index (χ2v) is 7.33. The molecule has 1 amide bonds. The van der Waals surface area contributed by atoms with Crippen LogP contribution in [-0.2, 0) is 25.9 Å². The fourth-order valence-electron chi connectivity index (χ4n) is 3.50. The van der Waals surface area contributed by atoms with Crippen molar-refractivity contribution < 1.29 is 9.53 Å². The van der Waals surface area contributed by atoms with Gasteiger partial charge in [0.25, 0.3) is 5.91 Å². The molecule has 0 bridgehead atoms. The highest BCUT2D eigenvalue weighted by Gasteiger charge is 2.30. The monoisotopic (exact) mass is 354 g/mol. The van der Waals surface area contributed by atoms with Crippen molar-refractivity contribution >= 4 is 5.91 Å². The number of ether oxygens (including phenoxy) is 1. The summed E-state index contributed by atoms with van der Waals surface area (Å²) in [5.41, 5.74) is 4.18. The van der Waals surface area contributed by atoms with Crippen LogP contribution in [0.4, 0.5) is 0 Å². The van der Waals surface area contributed by atoms with Gasteiger partial charge in [-0.15, -0.1) is 0 Å². The maximum atomic E-state index is 12.6. The van der Waals surface area contributed by atoms with E-state index in [1.807, 2.05) is 16.8 Å². The molecule has 6 nitrogen and oxygen atoms in total. The third kappa shape index (κ3) is 3.60. The van der Waals surface area contributed by atoms with Crippen molar-refractivity contribution in [1.82, 2.24) is 20.0 Å². The highest BCUT2D eigenvalue weighted by molar-refractivity contribution is 5.94. The van der Waals surface area contributed by atoms with Crippen LogP contribution in [0.5, 0.6) is 5.75 Å². The smallest absolute Gasteiger partial charge is 0.272 e. The van der Waals surface area contributed by atoms with Gasteiger partial charge < -0.3 is 15.0 Å². The maximum Gasteiger partial charge on any atom is 0.272 e. The van der Waals surface area contributed by atoms with E-state index >= 15 is 0 Å². The van der Waals surface area contributed by atoms with Crippen LogP contribution in [0.25, 0.3) is 0 Å². The van der Waals surface area contributed by atoms with Gasteiger partial charge in [-0.05, 0) is 44.0 Å². The summed E-state index contributed by atoms with van der Waals surface area (Å²) in [6.45, 7) is 2.59. The van der Waals surface area contributed by atoms with E-state index in [1.54, 1.807) is 7.11 Å². The summed E-state index contributed by atoms with van der Waals surface area (Å²) in [5, 5.41) is 7.80. The molecule has 1 aromatic heterocycles. The van der Waals surface area contributed by atoms with Gasteiger partial charge in [0, 0.05) is 43.4 Å². The Labute approximate surface area is 154 Å². The van der Waals surface area contributed by atoms with Gasteiger partial charge in [0.05, 0.1) is 7.11 Å². The molecule has 6 heteroatoms. The molecule has 26 heavy (non-hydrogen) atoms. The summed E-state index contributed by atoms with van der Waals surface area (Å²) in [4.78, 5) is 14.9. The van der Waals surface area contributed by atoms with Gasteiger partial charge >= 0.3 is 0 Å². The molecule has 4 rings (SSSR count). The lowest BCUT2D eigenvalue weighted by molar-refractivity contribution is 0.0943.